The second-order valence-electron chi connectivity index (χ2n) is 4.82. The molecule has 0 aliphatic heterocycles. The van der Waals surface area contributed by atoms with Crippen molar-refractivity contribution in [1.82, 2.24) is 4.90 Å². The second-order valence-corrected chi connectivity index (χ2v) is 4.82. The number of halogens is 3. The van der Waals surface area contributed by atoms with E-state index < -0.39 is 18.6 Å². The minimum Gasteiger partial charge on any atom is -0.398 e. The van der Waals surface area contributed by atoms with E-state index in [1.54, 1.807) is 19.1 Å². The molecular formula is C13H15F3N2O. The van der Waals surface area contributed by atoms with E-state index in [-0.39, 0.29) is 17.3 Å². The maximum absolute atomic E-state index is 12.5. The Balaban J connectivity index is 2.29. The third-order valence-corrected chi connectivity index (χ3v) is 3.12. The molecule has 19 heavy (non-hydrogen) atoms. The van der Waals surface area contributed by atoms with Crippen molar-refractivity contribution in [3.8, 4) is 0 Å². The van der Waals surface area contributed by atoms with Crippen LogP contribution in [0.5, 0.6) is 0 Å². The summed E-state index contributed by atoms with van der Waals surface area (Å²) in [7, 11) is 0. The molecule has 0 bridgehead atoms. The van der Waals surface area contributed by atoms with Gasteiger partial charge in [-0.3, -0.25) is 4.79 Å². The minimum absolute atomic E-state index is 0.179. The number of anilines is 1. The number of rotatable bonds is 3. The molecule has 0 heterocycles. The highest BCUT2D eigenvalue weighted by Crippen LogP contribution is 2.32. The van der Waals surface area contributed by atoms with Crippen LogP contribution in [0.15, 0.2) is 18.2 Å². The van der Waals surface area contributed by atoms with Gasteiger partial charge in [-0.2, -0.15) is 13.2 Å². The number of nitrogen functional groups attached to an aromatic ring is 1. The molecule has 0 radical (unpaired) electrons. The van der Waals surface area contributed by atoms with Crippen LogP contribution < -0.4 is 5.73 Å². The van der Waals surface area contributed by atoms with Crippen LogP contribution in [0.2, 0.25) is 0 Å². The molecule has 0 aromatic heterocycles. The van der Waals surface area contributed by atoms with Crippen molar-refractivity contribution in [1.29, 1.82) is 0 Å². The lowest BCUT2D eigenvalue weighted by atomic mass is 10.1. The van der Waals surface area contributed by atoms with Crippen LogP contribution in [0.3, 0.4) is 0 Å². The van der Waals surface area contributed by atoms with E-state index in [1.807, 2.05) is 0 Å². The van der Waals surface area contributed by atoms with Crippen molar-refractivity contribution in [2.24, 2.45) is 0 Å². The van der Waals surface area contributed by atoms with Crippen LogP contribution in [0.1, 0.15) is 28.8 Å². The number of hydrogen-bond acceptors (Lipinski definition) is 2. The summed E-state index contributed by atoms with van der Waals surface area (Å²) in [6.45, 7) is 0.451. The highest BCUT2D eigenvalue weighted by atomic mass is 19.4. The van der Waals surface area contributed by atoms with Gasteiger partial charge in [0.2, 0.25) is 0 Å². The molecule has 2 N–H and O–H groups in total. The minimum atomic E-state index is -4.39. The van der Waals surface area contributed by atoms with Crippen LogP contribution in [0.25, 0.3) is 0 Å². The highest BCUT2D eigenvalue weighted by Gasteiger charge is 2.41. The zero-order valence-corrected chi connectivity index (χ0v) is 10.5. The Morgan fingerprint density at radius 2 is 2.05 bits per heavy atom. The first-order chi connectivity index (χ1) is 8.79. The summed E-state index contributed by atoms with van der Waals surface area (Å²) in [5, 5.41) is 0. The summed E-state index contributed by atoms with van der Waals surface area (Å²) >= 11 is 0. The van der Waals surface area contributed by atoms with Gasteiger partial charge in [0.15, 0.2) is 0 Å². The fourth-order valence-electron chi connectivity index (χ4n) is 2.07. The van der Waals surface area contributed by atoms with Crippen molar-refractivity contribution < 1.29 is 18.0 Å². The van der Waals surface area contributed by atoms with Crippen molar-refractivity contribution in [2.75, 3.05) is 12.3 Å². The predicted molar refractivity (Wildman–Crippen MR) is 65.7 cm³/mol. The normalized spacial score (nSPS) is 15.4. The molecule has 2 rings (SSSR count). The SMILES string of the molecule is Cc1cccc(N)c1C(=O)N(CC(F)(F)F)C1CC1. The Morgan fingerprint density at radius 3 is 2.53 bits per heavy atom. The quantitative estimate of drug-likeness (QED) is 0.860. The number of nitrogens with two attached hydrogens (primary N) is 1. The lowest BCUT2D eigenvalue weighted by Crippen LogP contribution is -2.41. The number of benzene rings is 1. The number of carbonyl (C=O) groups excluding carboxylic acids is 1. The zero-order valence-electron chi connectivity index (χ0n) is 10.5. The third kappa shape index (κ3) is 3.19. The van der Waals surface area contributed by atoms with Crippen molar-refractivity contribution in [3.05, 3.63) is 29.3 Å². The molecule has 1 aromatic carbocycles. The molecule has 0 spiro atoms. The topological polar surface area (TPSA) is 46.3 Å². The molecule has 3 nitrogen and oxygen atoms in total. The van der Waals surface area contributed by atoms with E-state index in [0.29, 0.717) is 18.4 Å². The maximum Gasteiger partial charge on any atom is 0.406 e. The molecule has 1 aromatic rings. The smallest absolute Gasteiger partial charge is 0.398 e. The lowest BCUT2D eigenvalue weighted by Gasteiger charge is -2.25. The maximum atomic E-state index is 12.5. The van der Waals surface area contributed by atoms with Gasteiger partial charge in [-0.1, -0.05) is 12.1 Å². The van der Waals surface area contributed by atoms with E-state index in [9.17, 15) is 18.0 Å². The first-order valence-electron chi connectivity index (χ1n) is 6.02. The summed E-state index contributed by atoms with van der Waals surface area (Å²) in [5.74, 6) is -0.629. The summed E-state index contributed by atoms with van der Waals surface area (Å²) in [6, 6.07) is 4.56. The molecule has 0 unspecified atom stereocenters. The molecule has 1 saturated carbocycles. The Bertz CT molecular complexity index is 475. The average molecular weight is 272 g/mol. The monoisotopic (exact) mass is 272 g/mol. The van der Waals surface area contributed by atoms with Gasteiger partial charge >= 0.3 is 6.18 Å². The van der Waals surface area contributed by atoms with E-state index >= 15 is 0 Å². The highest BCUT2D eigenvalue weighted by molar-refractivity contribution is 6.00. The molecule has 1 fully saturated rings. The first kappa shape index (κ1) is 13.7. The van der Waals surface area contributed by atoms with Crippen LogP contribution >= 0.6 is 0 Å². The third-order valence-electron chi connectivity index (χ3n) is 3.12. The molecule has 6 heteroatoms. The van der Waals surface area contributed by atoms with Gasteiger partial charge in [-0.15, -0.1) is 0 Å². The van der Waals surface area contributed by atoms with Gasteiger partial charge in [0, 0.05) is 11.7 Å². The zero-order chi connectivity index (χ0) is 14.2. The van der Waals surface area contributed by atoms with E-state index in [0.717, 1.165) is 4.90 Å². The van der Waals surface area contributed by atoms with Crippen LogP contribution in [-0.4, -0.2) is 29.6 Å². The van der Waals surface area contributed by atoms with Crippen molar-refractivity contribution in [2.45, 2.75) is 32.0 Å². The molecule has 1 aliphatic carbocycles. The Hall–Kier alpha value is -1.72. The van der Waals surface area contributed by atoms with Crippen LogP contribution in [0, 0.1) is 6.92 Å². The van der Waals surface area contributed by atoms with Crippen LogP contribution in [0.4, 0.5) is 18.9 Å². The molecule has 0 saturated heterocycles. The van der Waals surface area contributed by atoms with E-state index in [1.165, 1.54) is 6.07 Å². The first-order valence-corrected chi connectivity index (χ1v) is 6.02. The summed E-state index contributed by atoms with van der Waals surface area (Å²) < 4.78 is 37.6. The molecule has 1 amide bonds. The fourth-order valence-corrected chi connectivity index (χ4v) is 2.07. The predicted octanol–water partition coefficient (Wildman–Crippen LogP) is 2.74. The van der Waals surface area contributed by atoms with Gasteiger partial charge < -0.3 is 10.6 Å². The van der Waals surface area contributed by atoms with Gasteiger partial charge in [0.05, 0.1) is 5.56 Å². The molecule has 1 aliphatic rings. The number of aryl methyl sites for hydroxylation is 1. The molecule has 0 atom stereocenters. The summed E-state index contributed by atoms with van der Waals surface area (Å²) in [4.78, 5) is 13.2. The number of nitrogens with zero attached hydrogens (tertiary/aromatic N) is 1. The number of hydrogen-bond donors (Lipinski definition) is 1. The van der Waals surface area contributed by atoms with Crippen LogP contribution in [-0.2, 0) is 0 Å². The van der Waals surface area contributed by atoms with E-state index in [4.69, 9.17) is 5.73 Å². The average Bonchev–Trinajstić information content (AvgIpc) is 3.08. The summed E-state index contributed by atoms with van der Waals surface area (Å²) in [6.07, 6.45) is -3.16. The van der Waals surface area contributed by atoms with Gasteiger partial charge in [-0.25, -0.2) is 0 Å². The van der Waals surface area contributed by atoms with Gasteiger partial charge in [-0.05, 0) is 31.4 Å². The van der Waals surface area contributed by atoms with Gasteiger partial charge in [0.25, 0.3) is 5.91 Å². The van der Waals surface area contributed by atoms with Crippen molar-refractivity contribution in [3.63, 3.8) is 0 Å². The Kier molecular flexibility index (Phi) is 3.43. The van der Waals surface area contributed by atoms with E-state index in [2.05, 4.69) is 0 Å². The summed E-state index contributed by atoms with van der Waals surface area (Å²) in [5.41, 5.74) is 6.71. The van der Waals surface area contributed by atoms with Gasteiger partial charge in [0.1, 0.15) is 6.54 Å². The number of alkyl halides is 3. The van der Waals surface area contributed by atoms with Crippen molar-refractivity contribution >= 4 is 11.6 Å². The number of carbonyl (C=O) groups is 1. The lowest BCUT2D eigenvalue weighted by molar-refractivity contribution is -0.141. The fraction of sp³-hybridized carbons (Fsp3) is 0.462. The Morgan fingerprint density at radius 1 is 1.42 bits per heavy atom. The largest absolute Gasteiger partial charge is 0.406 e. The Labute approximate surface area is 109 Å². The molecular weight excluding hydrogens is 257 g/mol. The standard InChI is InChI=1S/C13H15F3N2O/c1-8-3-2-4-10(17)11(8)12(19)18(9-5-6-9)7-13(14,15)16/h2-4,9H,5-7,17H2,1H3. The number of amides is 1. The second kappa shape index (κ2) is 4.75. The molecule has 104 valence electrons.